The van der Waals surface area contributed by atoms with Crippen molar-refractivity contribution in [1.29, 1.82) is 0 Å². The standard InChI is InChI=1S/C13H19BrN2/c1-3-11-4-5-16(9-11)13-10(2)6-12(7-14)8-15-13/h6,8,11H,3-5,7,9H2,1-2H3. The molecule has 0 saturated carbocycles. The Morgan fingerprint density at radius 3 is 2.94 bits per heavy atom. The van der Waals surface area contributed by atoms with Gasteiger partial charge in [-0.1, -0.05) is 35.3 Å². The van der Waals surface area contributed by atoms with Crippen LogP contribution in [0.1, 0.15) is 30.9 Å². The maximum absolute atomic E-state index is 4.60. The summed E-state index contributed by atoms with van der Waals surface area (Å²) in [7, 11) is 0. The van der Waals surface area contributed by atoms with E-state index < -0.39 is 0 Å². The van der Waals surface area contributed by atoms with Gasteiger partial charge in [-0.2, -0.15) is 0 Å². The molecule has 2 rings (SSSR count). The van der Waals surface area contributed by atoms with Crippen LogP contribution in [-0.4, -0.2) is 18.1 Å². The van der Waals surface area contributed by atoms with Crippen LogP contribution in [-0.2, 0) is 5.33 Å². The smallest absolute Gasteiger partial charge is 0.131 e. The molecule has 1 aliphatic heterocycles. The van der Waals surface area contributed by atoms with Gasteiger partial charge in [-0.05, 0) is 30.4 Å². The zero-order valence-corrected chi connectivity index (χ0v) is 11.6. The van der Waals surface area contributed by atoms with Crippen molar-refractivity contribution >= 4 is 21.7 Å². The number of pyridine rings is 1. The van der Waals surface area contributed by atoms with E-state index in [2.05, 4.69) is 45.7 Å². The number of aryl methyl sites for hydroxylation is 1. The van der Waals surface area contributed by atoms with Gasteiger partial charge in [0.15, 0.2) is 0 Å². The minimum Gasteiger partial charge on any atom is -0.356 e. The Labute approximate surface area is 106 Å². The Balaban J connectivity index is 2.15. The van der Waals surface area contributed by atoms with Crippen LogP contribution < -0.4 is 4.90 Å². The lowest BCUT2D eigenvalue weighted by molar-refractivity contribution is 0.568. The summed E-state index contributed by atoms with van der Waals surface area (Å²) in [6.45, 7) is 6.79. The Kier molecular flexibility index (Phi) is 3.85. The molecule has 0 amide bonds. The Morgan fingerprint density at radius 1 is 1.56 bits per heavy atom. The summed E-state index contributed by atoms with van der Waals surface area (Å²) in [5.74, 6) is 2.04. The van der Waals surface area contributed by atoms with E-state index in [0.29, 0.717) is 0 Å². The highest BCUT2D eigenvalue weighted by Crippen LogP contribution is 2.26. The molecule has 3 heteroatoms. The zero-order valence-electron chi connectivity index (χ0n) is 10.0. The monoisotopic (exact) mass is 282 g/mol. The van der Waals surface area contributed by atoms with Crippen molar-refractivity contribution in [3.8, 4) is 0 Å². The quantitative estimate of drug-likeness (QED) is 0.789. The molecule has 1 aromatic rings. The maximum atomic E-state index is 4.60. The Bertz CT molecular complexity index is 365. The number of nitrogens with zero attached hydrogens (tertiary/aromatic N) is 2. The van der Waals surface area contributed by atoms with Crippen molar-refractivity contribution in [2.75, 3.05) is 18.0 Å². The molecule has 0 spiro atoms. The molecule has 1 fully saturated rings. The molecule has 0 N–H and O–H groups in total. The molecule has 0 bridgehead atoms. The molecular formula is C13H19BrN2. The van der Waals surface area contributed by atoms with Crippen molar-refractivity contribution in [2.45, 2.75) is 32.0 Å². The topological polar surface area (TPSA) is 16.1 Å². The van der Waals surface area contributed by atoms with Crippen molar-refractivity contribution in [3.05, 3.63) is 23.4 Å². The second-order valence-electron chi connectivity index (χ2n) is 4.63. The van der Waals surface area contributed by atoms with Crippen LogP contribution in [0.2, 0.25) is 0 Å². The molecule has 88 valence electrons. The van der Waals surface area contributed by atoms with Crippen molar-refractivity contribution < 1.29 is 0 Å². The average Bonchev–Trinajstić information content (AvgIpc) is 2.77. The predicted molar refractivity (Wildman–Crippen MR) is 72.2 cm³/mol. The van der Waals surface area contributed by atoms with Crippen LogP contribution in [0.25, 0.3) is 0 Å². The second kappa shape index (κ2) is 5.17. The number of hydrogen-bond donors (Lipinski definition) is 0. The molecule has 1 atom stereocenters. The fourth-order valence-electron chi connectivity index (χ4n) is 2.39. The van der Waals surface area contributed by atoms with Gasteiger partial charge in [-0.3, -0.25) is 0 Å². The summed E-state index contributed by atoms with van der Waals surface area (Å²) in [5, 5.41) is 0.888. The normalized spacial score (nSPS) is 20.4. The van der Waals surface area contributed by atoms with E-state index in [1.165, 1.54) is 42.9 Å². The van der Waals surface area contributed by atoms with Gasteiger partial charge in [-0.15, -0.1) is 0 Å². The minimum absolute atomic E-state index is 0.858. The fourth-order valence-corrected chi connectivity index (χ4v) is 2.69. The van der Waals surface area contributed by atoms with Crippen LogP contribution in [0.3, 0.4) is 0 Å². The van der Waals surface area contributed by atoms with Gasteiger partial charge in [0.2, 0.25) is 0 Å². The van der Waals surface area contributed by atoms with Crippen LogP contribution in [0.15, 0.2) is 12.3 Å². The molecule has 2 nitrogen and oxygen atoms in total. The first-order valence-electron chi connectivity index (χ1n) is 6.01. The molecule has 0 radical (unpaired) electrons. The van der Waals surface area contributed by atoms with Gasteiger partial charge in [0.25, 0.3) is 0 Å². The molecular weight excluding hydrogens is 264 g/mol. The minimum atomic E-state index is 0.858. The number of halogens is 1. The SMILES string of the molecule is CCC1CCN(c2ncc(CBr)cc2C)C1. The van der Waals surface area contributed by atoms with Gasteiger partial charge in [0.1, 0.15) is 5.82 Å². The zero-order chi connectivity index (χ0) is 11.5. The van der Waals surface area contributed by atoms with Gasteiger partial charge >= 0.3 is 0 Å². The Morgan fingerprint density at radius 2 is 2.38 bits per heavy atom. The number of aromatic nitrogens is 1. The lowest BCUT2D eigenvalue weighted by Gasteiger charge is -2.19. The van der Waals surface area contributed by atoms with E-state index in [1.807, 2.05) is 6.20 Å². The highest BCUT2D eigenvalue weighted by molar-refractivity contribution is 9.08. The number of rotatable bonds is 3. The summed E-state index contributed by atoms with van der Waals surface area (Å²) in [6.07, 6.45) is 4.59. The summed E-state index contributed by atoms with van der Waals surface area (Å²) in [5.41, 5.74) is 2.56. The second-order valence-corrected chi connectivity index (χ2v) is 5.19. The molecule has 1 saturated heterocycles. The van der Waals surface area contributed by atoms with Crippen LogP contribution >= 0.6 is 15.9 Å². The molecule has 2 heterocycles. The summed E-state index contributed by atoms with van der Waals surface area (Å²) in [4.78, 5) is 7.03. The predicted octanol–water partition coefficient (Wildman–Crippen LogP) is 3.52. The van der Waals surface area contributed by atoms with E-state index in [9.17, 15) is 0 Å². The first kappa shape index (κ1) is 11.9. The lowest BCUT2D eigenvalue weighted by atomic mass is 10.1. The van der Waals surface area contributed by atoms with Gasteiger partial charge in [-0.25, -0.2) is 4.98 Å². The van der Waals surface area contributed by atoms with Gasteiger partial charge < -0.3 is 4.90 Å². The van der Waals surface area contributed by atoms with Crippen molar-refractivity contribution in [1.82, 2.24) is 4.98 Å². The number of anilines is 1. The maximum Gasteiger partial charge on any atom is 0.131 e. The average molecular weight is 283 g/mol. The third kappa shape index (κ3) is 2.40. The van der Waals surface area contributed by atoms with Crippen LogP contribution in [0.5, 0.6) is 0 Å². The molecule has 1 unspecified atom stereocenters. The van der Waals surface area contributed by atoms with Gasteiger partial charge in [0, 0.05) is 24.6 Å². The van der Waals surface area contributed by atoms with Crippen molar-refractivity contribution in [2.24, 2.45) is 5.92 Å². The molecule has 0 aliphatic carbocycles. The lowest BCUT2D eigenvalue weighted by Crippen LogP contribution is -2.21. The molecule has 0 aromatic carbocycles. The highest BCUT2D eigenvalue weighted by Gasteiger charge is 2.22. The number of hydrogen-bond acceptors (Lipinski definition) is 2. The summed E-state index contributed by atoms with van der Waals surface area (Å²) in [6, 6.07) is 2.23. The van der Waals surface area contributed by atoms with E-state index in [4.69, 9.17) is 0 Å². The summed E-state index contributed by atoms with van der Waals surface area (Å²) < 4.78 is 0. The highest BCUT2D eigenvalue weighted by atomic mass is 79.9. The molecule has 1 aliphatic rings. The fraction of sp³-hybridized carbons (Fsp3) is 0.615. The van der Waals surface area contributed by atoms with E-state index in [-0.39, 0.29) is 0 Å². The first-order valence-corrected chi connectivity index (χ1v) is 7.13. The third-order valence-electron chi connectivity index (χ3n) is 3.42. The third-order valence-corrected chi connectivity index (χ3v) is 4.07. The number of alkyl halides is 1. The van der Waals surface area contributed by atoms with E-state index in [1.54, 1.807) is 0 Å². The Hall–Kier alpha value is -0.570. The summed E-state index contributed by atoms with van der Waals surface area (Å²) >= 11 is 3.47. The van der Waals surface area contributed by atoms with Crippen LogP contribution in [0.4, 0.5) is 5.82 Å². The van der Waals surface area contributed by atoms with Crippen molar-refractivity contribution in [3.63, 3.8) is 0 Å². The molecule has 16 heavy (non-hydrogen) atoms. The van der Waals surface area contributed by atoms with Gasteiger partial charge in [0.05, 0.1) is 0 Å². The molecule has 1 aromatic heterocycles. The van der Waals surface area contributed by atoms with E-state index >= 15 is 0 Å². The van der Waals surface area contributed by atoms with Crippen LogP contribution in [0, 0.1) is 12.8 Å². The first-order chi connectivity index (χ1) is 7.74. The largest absolute Gasteiger partial charge is 0.356 e. The van der Waals surface area contributed by atoms with E-state index in [0.717, 1.165) is 11.2 Å².